The Balaban J connectivity index is 2.42. The predicted octanol–water partition coefficient (Wildman–Crippen LogP) is 7.86. The minimum atomic E-state index is -2.30. The summed E-state index contributed by atoms with van der Waals surface area (Å²) in [7, 11) is -4.37. The predicted molar refractivity (Wildman–Crippen MR) is 144 cm³/mol. The van der Waals surface area contributed by atoms with Crippen LogP contribution in [0.2, 0.25) is 36.3 Å². The number of carbonyl (C=O) groups is 1. The maximum Gasteiger partial charge on any atom is 0.306 e. The van der Waals surface area contributed by atoms with Gasteiger partial charge in [0, 0.05) is 23.7 Å². The molecule has 9 atom stereocenters. The van der Waals surface area contributed by atoms with Crippen LogP contribution < -0.4 is 0 Å². The van der Waals surface area contributed by atoms with Crippen molar-refractivity contribution in [3.63, 3.8) is 0 Å². The van der Waals surface area contributed by atoms with Gasteiger partial charge in [0.25, 0.3) is 0 Å². The van der Waals surface area contributed by atoms with Gasteiger partial charge in [0.2, 0.25) is 0 Å². The molecule has 192 valence electrons. The summed E-state index contributed by atoms with van der Waals surface area (Å²) in [6.45, 7) is 23.4. The molecule has 0 aromatic rings. The van der Waals surface area contributed by atoms with Crippen LogP contribution in [-0.2, 0) is 18.4 Å². The Kier molecular flexibility index (Phi) is 7.44. The fraction of sp³-hybridized carbons (Fsp3) is 0.889. The van der Waals surface area contributed by atoms with Crippen LogP contribution in [0.25, 0.3) is 0 Å². The highest BCUT2D eigenvalue weighted by molar-refractivity contribution is 6.74. The SMILES string of the molecule is [2H]C(C)C([2H])C([2H])C([2H])[C@@H](/C=C/[C@@H]1[C@H]2CC(=O)O[C@H]2C[C@H]1O[Si](C)(C)C(C)(C)C)O[Si](C)(C)C(C)(C)C. The van der Waals surface area contributed by atoms with E-state index < -0.39 is 48.3 Å². The maximum atomic E-state index is 12.1. The molecule has 4 nitrogen and oxygen atoms in total. The first kappa shape index (κ1) is 23.0. The lowest BCUT2D eigenvalue weighted by atomic mass is 9.91. The molecule has 2 rings (SSSR count). The lowest BCUT2D eigenvalue weighted by Gasteiger charge is -2.40. The number of hydrogen-bond donors (Lipinski definition) is 0. The molecule has 0 spiro atoms. The van der Waals surface area contributed by atoms with Crippen LogP contribution in [0.4, 0.5) is 0 Å². The van der Waals surface area contributed by atoms with Gasteiger partial charge in [0.15, 0.2) is 16.6 Å². The van der Waals surface area contributed by atoms with Gasteiger partial charge in [-0.25, -0.2) is 0 Å². The second-order valence-electron chi connectivity index (χ2n) is 12.8. The Labute approximate surface area is 212 Å². The third-order valence-electron chi connectivity index (χ3n) is 8.17. The highest BCUT2D eigenvalue weighted by Gasteiger charge is 2.52. The summed E-state index contributed by atoms with van der Waals surface area (Å²) < 4.78 is 52.9. The van der Waals surface area contributed by atoms with Gasteiger partial charge < -0.3 is 13.6 Å². The average Bonchev–Trinajstić information content (AvgIpc) is 3.22. The van der Waals surface area contributed by atoms with E-state index in [1.165, 1.54) is 0 Å². The van der Waals surface area contributed by atoms with Crippen molar-refractivity contribution in [2.24, 2.45) is 11.8 Å². The zero-order valence-electron chi connectivity index (χ0n) is 26.9. The van der Waals surface area contributed by atoms with Crippen LogP contribution in [0.5, 0.6) is 0 Å². The Bertz CT molecular complexity index is 822. The van der Waals surface area contributed by atoms with E-state index in [0.29, 0.717) is 12.8 Å². The summed E-state index contributed by atoms with van der Waals surface area (Å²) in [5, 5.41) is -0.0397. The first-order valence-electron chi connectivity index (χ1n) is 14.8. The Morgan fingerprint density at radius 1 is 1.09 bits per heavy atom. The molecule has 0 aromatic carbocycles. The van der Waals surface area contributed by atoms with Crippen LogP contribution in [0, 0.1) is 11.8 Å². The smallest absolute Gasteiger partial charge is 0.306 e. The van der Waals surface area contributed by atoms with Gasteiger partial charge in [-0.05, 0) is 42.7 Å². The Hall–Kier alpha value is -0.436. The minimum absolute atomic E-state index is 0.0280. The molecule has 0 N–H and O–H groups in total. The number of hydrogen-bond acceptors (Lipinski definition) is 4. The number of fused-ring (bicyclic) bond motifs is 1. The van der Waals surface area contributed by atoms with Crippen molar-refractivity contribution in [2.45, 2.75) is 141 Å². The normalized spacial score (nSPS) is 33.4. The van der Waals surface area contributed by atoms with Crippen LogP contribution in [0.1, 0.15) is 92.4 Å². The Morgan fingerprint density at radius 2 is 1.70 bits per heavy atom. The van der Waals surface area contributed by atoms with Gasteiger partial charge in [-0.15, -0.1) is 0 Å². The van der Waals surface area contributed by atoms with Crippen molar-refractivity contribution < 1.29 is 23.9 Å². The summed E-state index contributed by atoms with van der Waals surface area (Å²) in [5.41, 5.74) is 0. The van der Waals surface area contributed by atoms with Crippen molar-refractivity contribution in [2.75, 3.05) is 0 Å². The molecule has 4 unspecified atom stereocenters. The molecule has 0 aromatic heterocycles. The molecule has 1 aliphatic carbocycles. The van der Waals surface area contributed by atoms with E-state index >= 15 is 0 Å². The molecule has 1 saturated carbocycles. The summed E-state index contributed by atoms with van der Waals surface area (Å²) in [5.74, 6) is -0.186. The molecule has 2 aliphatic rings. The molecule has 1 aliphatic heterocycles. The molecule has 1 heterocycles. The van der Waals surface area contributed by atoms with Crippen LogP contribution in [0.15, 0.2) is 12.2 Å². The van der Waals surface area contributed by atoms with Gasteiger partial charge in [-0.2, -0.15) is 0 Å². The largest absolute Gasteiger partial charge is 0.462 e. The van der Waals surface area contributed by atoms with Crippen molar-refractivity contribution in [3.05, 3.63) is 12.2 Å². The van der Waals surface area contributed by atoms with E-state index in [1.54, 1.807) is 6.92 Å². The number of carbonyl (C=O) groups excluding carboxylic acids is 1. The van der Waals surface area contributed by atoms with Gasteiger partial charge in [0.1, 0.15) is 6.10 Å². The first-order valence-corrected chi connectivity index (χ1v) is 18.3. The minimum Gasteiger partial charge on any atom is -0.462 e. The summed E-state index contributed by atoms with van der Waals surface area (Å²) in [6.07, 6.45) is 0.247. The van der Waals surface area contributed by atoms with Crippen molar-refractivity contribution >= 4 is 22.6 Å². The maximum absolute atomic E-state index is 12.1. The summed E-state index contributed by atoms with van der Waals surface area (Å²) in [4.78, 5) is 12.1. The van der Waals surface area contributed by atoms with Crippen LogP contribution in [-0.4, -0.2) is 40.9 Å². The standard InChI is InChI=1S/C27H52O4Si2/c1-12-13-14-15-20(30-32(8,9)26(2,3)4)16-17-21-22-18-25(28)29-23(22)19-24(21)31-33(10,11)27(5,6)7/h16-17,20-24H,12-15,18-19H2,1-11H3/b17-16+/t20-,21+,22+,23-,24+/m0/s1/i12D,13D,14D,15D/t12?,13?,14?,15?,20-,21+,22+,23-,24+. The van der Waals surface area contributed by atoms with Crippen molar-refractivity contribution in [1.82, 2.24) is 0 Å². The molecule has 1 saturated heterocycles. The molecule has 0 amide bonds. The van der Waals surface area contributed by atoms with Crippen LogP contribution >= 0.6 is 0 Å². The van der Waals surface area contributed by atoms with Crippen molar-refractivity contribution in [3.8, 4) is 0 Å². The van der Waals surface area contributed by atoms with E-state index in [2.05, 4.69) is 73.8 Å². The lowest BCUT2D eigenvalue weighted by molar-refractivity contribution is -0.141. The van der Waals surface area contributed by atoms with E-state index in [0.717, 1.165) is 0 Å². The van der Waals surface area contributed by atoms with E-state index in [-0.39, 0.29) is 40.1 Å². The van der Waals surface area contributed by atoms with E-state index in [9.17, 15) is 4.79 Å². The topological polar surface area (TPSA) is 44.8 Å². The summed E-state index contributed by atoms with van der Waals surface area (Å²) >= 11 is 0. The average molecular weight is 501 g/mol. The van der Waals surface area contributed by atoms with E-state index in [4.69, 9.17) is 19.1 Å². The third-order valence-corrected chi connectivity index (χ3v) is 17.1. The van der Waals surface area contributed by atoms with E-state index in [1.807, 2.05) is 6.08 Å². The molecular weight excluding hydrogens is 444 g/mol. The quantitative estimate of drug-likeness (QED) is 0.174. The zero-order chi connectivity index (χ0) is 28.7. The van der Waals surface area contributed by atoms with Gasteiger partial charge >= 0.3 is 5.97 Å². The number of ether oxygens (including phenoxy) is 1. The van der Waals surface area contributed by atoms with Crippen molar-refractivity contribution in [1.29, 1.82) is 0 Å². The third kappa shape index (κ3) is 7.28. The van der Waals surface area contributed by atoms with Gasteiger partial charge in [-0.1, -0.05) is 79.8 Å². The molecule has 0 bridgehead atoms. The van der Waals surface area contributed by atoms with Crippen LogP contribution in [0.3, 0.4) is 0 Å². The van der Waals surface area contributed by atoms with Gasteiger partial charge in [0.05, 0.1) is 18.6 Å². The highest BCUT2D eigenvalue weighted by atomic mass is 28.4. The molecule has 33 heavy (non-hydrogen) atoms. The highest BCUT2D eigenvalue weighted by Crippen LogP contribution is 2.47. The monoisotopic (exact) mass is 500 g/mol. The number of rotatable bonds is 10. The fourth-order valence-corrected chi connectivity index (χ4v) is 6.58. The summed E-state index contributed by atoms with van der Waals surface area (Å²) in [6, 6.07) is 0. The second kappa shape index (κ2) is 10.7. The molecular formula is C27H52O4Si2. The fourth-order valence-electron chi connectivity index (χ4n) is 4.03. The lowest BCUT2D eigenvalue weighted by Crippen LogP contribution is -2.45. The second-order valence-corrected chi connectivity index (χ2v) is 22.3. The van der Waals surface area contributed by atoms with Gasteiger partial charge in [-0.3, -0.25) is 4.79 Å². The first-order chi connectivity index (χ1) is 16.6. The Morgan fingerprint density at radius 3 is 2.24 bits per heavy atom. The number of esters is 1. The molecule has 0 radical (unpaired) electrons. The zero-order valence-corrected chi connectivity index (χ0v) is 24.9. The molecule has 6 heteroatoms. The molecule has 2 fully saturated rings.